The molecule has 0 saturated heterocycles. The van der Waals surface area contributed by atoms with Crippen molar-refractivity contribution in [2.24, 2.45) is 0 Å². The summed E-state index contributed by atoms with van der Waals surface area (Å²) in [6.45, 7) is 5.78. The van der Waals surface area contributed by atoms with Crippen molar-refractivity contribution in [3.63, 3.8) is 0 Å². The number of carbonyl (C=O) groups is 1. The number of rotatable bonds is 4. The molecule has 0 saturated carbocycles. The fourth-order valence-electron chi connectivity index (χ4n) is 0.434. The van der Waals surface area contributed by atoms with Crippen molar-refractivity contribution >= 4 is 6.47 Å². The first-order chi connectivity index (χ1) is 3.85. The van der Waals surface area contributed by atoms with Gasteiger partial charge in [0.05, 0.1) is 0 Å². The molecule has 9 heavy (non-hydrogen) atoms. The average Bonchev–Trinajstić information content (AvgIpc) is 1.83. The second-order valence-corrected chi connectivity index (χ2v) is 1.32. The molecule has 0 bridgehead atoms. The molecule has 0 aliphatic carbocycles. The maximum absolute atomic E-state index is 9.67. The molecule has 0 aliphatic rings. The van der Waals surface area contributed by atoms with Crippen LogP contribution in [0.3, 0.4) is 0 Å². The van der Waals surface area contributed by atoms with Gasteiger partial charge in [0.1, 0.15) is 0 Å². The van der Waals surface area contributed by atoms with Gasteiger partial charge in [-0.3, -0.25) is 4.79 Å². The molecule has 3 nitrogen and oxygen atoms in total. The van der Waals surface area contributed by atoms with Gasteiger partial charge in [-0.15, -0.1) is 5.06 Å². The zero-order valence-corrected chi connectivity index (χ0v) is 8.93. The van der Waals surface area contributed by atoms with Gasteiger partial charge in [0.25, 0.3) is 0 Å². The maximum atomic E-state index is 9.67. The van der Waals surface area contributed by atoms with Gasteiger partial charge < -0.3 is 4.84 Å². The van der Waals surface area contributed by atoms with E-state index in [2.05, 4.69) is 4.84 Å². The monoisotopic (exact) mass is 181 g/mol. The third kappa shape index (κ3) is 5.93. The summed E-state index contributed by atoms with van der Waals surface area (Å²) < 4.78 is 0. The van der Waals surface area contributed by atoms with E-state index in [0.717, 1.165) is 13.1 Å². The van der Waals surface area contributed by atoms with Crippen molar-refractivity contribution in [3.05, 3.63) is 0 Å². The van der Waals surface area contributed by atoms with Crippen molar-refractivity contribution < 1.29 is 29.1 Å². The van der Waals surface area contributed by atoms with Gasteiger partial charge >= 0.3 is 6.47 Å². The van der Waals surface area contributed by atoms with E-state index >= 15 is 0 Å². The molecule has 0 N–H and O–H groups in total. The Labute approximate surface area is 68.1 Å². The van der Waals surface area contributed by atoms with Crippen molar-refractivity contribution in [3.8, 4) is 0 Å². The Morgan fingerprint density at radius 1 is 1.44 bits per heavy atom. The zero-order chi connectivity index (χ0) is 6.41. The molecule has 0 aliphatic heterocycles. The standard InChI is InChI=1S/C5H11NO2.Zn/c1-3-6(4-2)8-5-7;/h5H,3-4H2,1-2H3;. The van der Waals surface area contributed by atoms with Gasteiger partial charge in [0.2, 0.25) is 0 Å². The number of nitrogens with zero attached hydrogens (tertiary/aromatic N) is 1. The van der Waals surface area contributed by atoms with Crippen LogP contribution in [0.5, 0.6) is 0 Å². The Morgan fingerprint density at radius 2 is 1.89 bits per heavy atom. The fraction of sp³-hybridized carbons (Fsp3) is 0.800. The topological polar surface area (TPSA) is 29.5 Å². The summed E-state index contributed by atoms with van der Waals surface area (Å²) in [4.78, 5) is 14.2. The van der Waals surface area contributed by atoms with Gasteiger partial charge in [-0.2, -0.15) is 0 Å². The van der Waals surface area contributed by atoms with Gasteiger partial charge in [-0.1, -0.05) is 0 Å². The molecule has 4 heteroatoms. The van der Waals surface area contributed by atoms with E-state index in [9.17, 15) is 4.79 Å². The third-order valence-corrected chi connectivity index (χ3v) is 0.898. The van der Waals surface area contributed by atoms with E-state index in [1.807, 2.05) is 13.8 Å². The summed E-state index contributed by atoms with van der Waals surface area (Å²) in [5.41, 5.74) is 0. The number of hydrogen-bond acceptors (Lipinski definition) is 3. The van der Waals surface area contributed by atoms with Crippen LogP contribution in [0.25, 0.3) is 0 Å². The Balaban J connectivity index is 0. The predicted molar refractivity (Wildman–Crippen MR) is 30.1 cm³/mol. The minimum atomic E-state index is 0. The number of carbonyl (C=O) groups excluding carboxylic acids is 1. The summed E-state index contributed by atoms with van der Waals surface area (Å²) in [5, 5.41) is 1.56. The molecular weight excluding hydrogens is 171 g/mol. The van der Waals surface area contributed by atoms with E-state index in [1.165, 1.54) is 0 Å². The summed E-state index contributed by atoms with van der Waals surface area (Å²) in [6.07, 6.45) is 0. The minimum absolute atomic E-state index is 0. The molecule has 0 aromatic rings. The first-order valence-corrected chi connectivity index (χ1v) is 2.70. The molecule has 0 aromatic carbocycles. The molecule has 0 heterocycles. The van der Waals surface area contributed by atoms with Crippen LogP contribution in [-0.4, -0.2) is 24.6 Å². The maximum Gasteiger partial charge on any atom is 0.312 e. The van der Waals surface area contributed by atoms with Gasteiger partial charge in [0, 0.05) is 32.6 Å². The van der Waals surface area contributed by atoms with Gasteiger partial charge in [-0.05, 0) is 13.8 Å². The Bertz CT molecular complexity index is 66.0. The molecule has 50 valence electrons. The van der Waals surface area contributed by atoms with Crippen LogP contribution < -0.4 is 0 Å². The van der Waals surface area contributed by atoms with Crippen LogP contribution >= 0.6 is 0 Å². The molecule has 0 unspecified atom stereocenters. The van der Waals surface area contributed by atoms with E-state index in [4.69, 9.17) is 0 Å². The van der Waals surface area contributed by atoms with Crippen molar-refractivity contribution in [2.75, 3.05) is 13.1 Å². The third-order valence-electron chi connectivity index (χ3n) is 0.898. The van der Waals surface area contributed by atoms with Gasteiger partial charge in [0.15, 0.2) is 0 Å². The summed E-state index contributed by atoms with van der Waals surface area (Å²) >= 11 is 0. The van der Waals surface area contributed by atoms with Crippen LogP contribution in [0.1, 0.15) is 13.8 Å². The second-order valence-electron chi connectivity index (χ2n) is 1.32. The molecular formula is C5H11NO2Zn. The van der Waals surface area contributed by atoms with E-state index in [0.29, 0.717) is 6.47 Å². The van der Waals surface area contributed by atoms with E-state index < -0.39 is 0 Å². The molecule has 0 atom stereocenters. The van der Waals surface area contributed by atoms with Crippen molar-refractivity contribution in [1.29, 1.82) is 0 Å². The summed E-state index contributed by atoms with van der Waals surface area (Å²) in [7, 11) is 0. The van der Waals surface area contributed by atoms with Crippen LogP contribution in [0.4, 0.5) is 0 Å². The SMILES string of the molecule is CCN(CC)OC=O.[Zn]. The summed E-state index contributed by atoms with van der Waals surface area (Å²) in [6, 6.07) is 0. The molecule has 0 fully saturated rings. The second kappa shape index (κ2) is 8.05. The molecule has 0 spiro atoms. The van der Waals surface area contributed by atoms with Crippen molar-refractivity contribution in [1.82, 2.24) is 5.06 Å². The van der Waals surface area contributed by atoms with Crippen molar-refractivity contribution in [2.45, 2.75) is 13.8 Å². The fourth-order valence-corrected chi connectivity index (χ4v) is 0.434. The largest absolute Gasteiger partial charge is 0.371 e. The average molecular weight is 183 g/mol. The number of hydrogen-bond donors (Lipinski definition) is 0. The molecule has 0 amide bonds. The summed E-state index contributed by atoms with van der Waals surface area (Å²) in [5.74, 6) is 0. The van der Waals surface area contributed by atoms with Crippen LogP contribution in [-0.2, 0) is 29.1 Å². The van der Waals surface area contributed by atoms with Crippen LogP contribution in [0.15, 0.2) is 0 Å². The first kappa shape index (κ1) is 11.8. The molecule has 0 rings (SSSR count). The van der Waals surface area contributed by atoms with Crippen LogP contribution in [0, 0.1) is 0 Å². The Morgan fingerprint density at radius 3 is 2.00 bits per heavy atom. The predicted octanol–water partition coefficient (Wildman–Crippen LogP) is 0.414. The minimum Gasteiger partial charge on any atom is -0.371 e. The van der Waals surface area contributed by atoms with E-state index in [-0.39, 0.29) is 19.5 Å². The Kier molecular flexibility index (Phi) is 10.6. The number of hydroxylamine groups is 2. The van der Waals surface area contributed by atoms with Crippen LogP contribution in [0.2, 0.25) is 0 Å². The first-order valence-electron chi connectivity index (χ1n) is 2.70. The molecule has 0 aromatic heterocycles. The van der Waals surface area contributed by atoms with E-state index in [1.54, 1.807) is 5.06 Å². The smallest absolute Gasteiger partial charge is 0.312 e. The molecule has 0 radical (unpaired) electrons. The normalized spacial score (nSPS) is 8.33. The quantitative estimate of drug-likeness (QED) is 0.358. The zero-order valence-electron chi connectivity index (χ0n) is 5.96. The Hall–Kier alpha value is 0.0534. The van der Waals surface area contributed by atoms with Gasteiger partial charge in [-0.25, -0.2) is 0 Å².